The number of urea groups is 1. The summed E-state index contributed by atoms with van der Waals surface area (Å²) in [7, 11) is 0. The van der Waals surface area contributed by atoms with Crippen LogP contribution in [0.15, 0.2) is 54.7 Å². The molecule has 0 fully saturated rings. The van der Waals surface area contributed by atoms with Gasteiger partial charge < -0.3 is 15.5 Å². The summed E-state index contributed by atoms with van der Waals surface area (Å²) in [5.41, 5.74) is -4.19. The topological polar surface area (TPSA) is 120 Å². The SMILES string of the molecule is O=C(Nc1ccc(F)cc1)Nc1nc2ccc(C(O)(c3cc(CO)cnn3)C(F)(F)F)cc2s1. The number of amides is 2. The van der Waals surface area contributed by atoms with Crippen molar-refractivity contribution in [2.24, 2.45) is 0 Å². The van der Waals surface area contributed by atoms with Crippen LogP contribution in [0.25, 0.3) is 10.2 Å². The molecule has 176 valence electrons. The summed E-state index contributed by atoms with van der Waals surface area (Å²) in [6, 6.07) is 8.68. The Kier molecular flexibility index (Phi) is 6.17. The van der Waals surface area contributed by atoms with Crippen LogP contribution in [0.2, 0.25) is 0 Å². The van der Waals surface area contributed by atoms with Gasteiger partial charge >= 0.3 is 12.2 Å². The highest BCUT2D eigenvalue weighted by molar-refractivity contribution is 7.22. The van der Waals surface area contributed by atoms with Gasteiger partial charge in [-0.1, -0.05) is 17.4 Å². The van der Waals surface area contributed by atoms with Gasteiger partial charge in [0.25, 0.3) is 0 Å². The van der Waals surface area contributed by atoms with Crippen molar-refractivity contribution in [2.75, 3.05) is 10.6 Å². The Bertz CT molecular complexity index is 1350. The summed E-state index contributed by atoms with van der Waals surface area (Å²) in [6.07, 6.45) is -4.08. The third kappa shape index (κ3) is 4.53. The Hall–Kier alpha value is -3.68. The predicted molar refractivity (Wildman–Crippen MR) is 116 cm³/mol. The number of hydrogen-bond donors (Lipinski definition) is 4. The lowest BCUT2D eigenvalue weighted by atomic mass is 9.89. The Morgan fingerprint density at radius 3 is 2.47 bits per heavy atom. The van der Waals surface area contributed by atoms with Crippen LogP contribution >= 0.6 is 11.3 Å². The molecular weight excluding hydrogens is 478 g/mol. The number of aliphatic hydroxyl groups is 2. The van der Waals surface area contributed by atoms with Crippen LogP contribution in [-0.2, 0) is 12.2 Å². The molecule has 0 spiro atoms. The number of aromatic nitrogens is 3. The number of carbonyl (C=O) groups excluding carboxylic acids is 1. The van der Waals surface area contributed by atoms with Gasteiger partial charge in [-0.05, 0) is 48.0 Å². The first-order valence-electron chi connectivity index (χ1n) is 9.57. The van der Waals surface area contributed by atoms with Gasteiger partial charge in [0, 0.05) is 11.3 Å². The first-order valence-corrected chi connectivity index (χ1v) is 10.4. The lowest BCUT2D eigenvalue weighted by molar-refractivity contribution is -0.250. The van der Waals surface area contributed by atoms with Crippen molar-refractivity contribution in [3.05, 3.63) is 77.4 Å². The van der Waals surface area contributed by atoms with Crippen molar-refractivity contribution in [3.63, 3.8) is 0 Å². The van der Waals surface area contributed by atoms with Gasteiger partial charge in [-0.2, -0.15) is 23.4 Å². The van der Waals surface area contributed by atoms with Crippen LogP contribution < -0.4 is 10.6 Å². The van der Waals surface area contributed by atoms with Crippen molar-refractivity contribution < 1.29 is 32.6 Å². The van der Waals surface area contributed by atoms with Gasteiger partial charge in [-0.15, -0.1) is 0 Å². The summed E-state index contributed by atoms with van der Waals surface area (Å²) in [4.78, 5) is 16.3. The van der Waals surface area contributed by atoms with E-state index < -0.39 is 41.5 Å². The highest BCUT2D eigenvalue weighted by Crippen LogP contribution is 2.44. The van der Waals surface area contributed by atoms with E-state index in [1.807, 2.05) is 0 Å². The number of alkyl halides is 3. The van der Waals surface area contributed by atoms with Gasteiger partial charge in [0.1, 0.15) is 11.5 Å². The molecule has 2 amide bonds. The van der Waals surface area contributed by atoms with Crippen molar-refractivity contribution in [2.45, 2.75) is 18.4 Å². The average molecular weight is 493 g/mol. The standard InChI is InChI=1S/C21H15F4N5O3S/c22-13-2-4-14(5-3-13)27-18(32)29-19-28-15-6-1-12(8-16(15)34-19)20(33,21(23,24)25)17-7-11(10-31)9-26-30-17/h1-9,31,33H,10H2,(H2,27,28,29,32). The Morgan fingerprint density at radius 1 is 1.06 bits per heavy atom. The van der Waals surface area contributed by atoms with E-state index in [1.54, 1.807) is 0 Å². The fourth-order valence-electron chi connectivity index (χ4n) is 3.12. The van der Waals surface area contributed by atoms with Gasteiger partial charge in [-0.3, -0.25) is 5.32 Å². The molecule has 0 aliphatic carbocycles. The highest BCUT2D eigenvalue weighted by Gasteiger charge is 2.58. The van der Waals surface area contributed by atoms with E-state index in [4.69, 9.17) is 0 Å². The van der Waals surface area contributed by atoms with Crippen molar-refractivity contribution >= 4 is 38.4 Å². The number of anilines is 2. The molecule has 1 unspecified atom stereocenters. The van der Waals surface area contributed by atoms with Gasteiger partial charge in [0.15, 0.2) is 5.13 Å². The van der Waals surface area contributed by atoms with Crippen LogP contribution in [0, 0.1) is 5.82 Å². The molecule has 8 nitrogen and oxygen atoms in total. The normalized spacial score (nSPS) is 13.5. The van der Waals surface area contributed by atoms with E-state index in [-0.39, 0.29) is 20.9 Å². The van der Waals surface area contributed by atoms with E-state index in [1.165, 1.54) is 18.2 Å². The Labute approximate surface area is 192 Å². The smallest absolute Gasteiger partial charge is 0.392 e. The van der Waals surface area contributed by atoms with E-state index in [0.29, 0.717) is 5.69 Å². The maximum atomic E-state index is 14.0. The minimum absolute atomic E-state index is 0.0465. The number of rotatable bonds is 5. The largest absolute Gasteiger partial charge is 0.427 e. The van der Waals surface area contributed by atoms with E-state index in [9.17, 15) is 32.6 Å². The number of nitrogens with zero attached hydrogens (tertiary/aromatic N) is 3. The monoisotopic (exact) mass is 493 g/mol. The van der Waals surface area contributed by atoms with Crippen molar-refractivity contribution in [3.8, 4) is 0 Å². The molecule has 4 rings (SSSR count). The average Bonchev–Trinajstić information content (AvgIpc) is 3.20. The van der Waals surface area contributed by atoms with Gasteiger partial charge in [0.05, 0.1) is 23.0 Å². The number of carbonyl (C=O) groups is 1. The molecular formula is C21H15F4N5O3S. The molecule has 2 aromatic heterocycles. The number of halogens is 4. The molecule has 2 aromatic carbocycles. The highest BCUT2D eigenvalue weighted by atomic mass is 32.1. The zero-order chi connectivity index (χ0) is 24.5. The summed E-state index contributed by atoms with van der Waals surface area (Å²) in [6.45, 7) is -0.584. The van der Waals surface area contributed by atoms with Crippen LogP contribution in [0.3, 0.4) is 0 Å². The van der Waals surface area contributed by atoms with Crippen molar-refractivity contribution in [1.29, 1.82) is 0 Å². The molecule has 0 saturated heterocycles. The first-order chi connectivity index (χ1) is 16.1. The summed E-state index contributed by atoms with van der Waals surface area (Å²) in [5, 5.41) is 31.9. The van der Waals surface area contributed by atoms with Crippen LogP contribution in [0.5, 0.6) is 0 Å². The number of benzene rings is 2. The second kappa shape index (κ2) is 8.93. The molecule has 0 bridgehead atoms. The molecule has 0 radical (unpaired) electrons. The maximum Gasteiger partial charge on any atom is 0.427 e. The molecule has 0 aliphatic heterocycles. The second-order valence-electron chi connectivity index (χ2n) is 7.10. The number of nitrogens with one attached hydrogen (secondary N) is 2. The molecule has 1 atom stereocenters. The van der Waals surface area contributed by atoms with Gasteiger partial charge in [-0.25, -0.2) is 14.2 Å². The molecule has 34 heavy (non-hydrogen) atoms. The second-order valence-corrected chi connectivity index (χ2v) is 8.13. The quantitative estimate of drug-likeness (QED) is 0.310. The van der Waals surface area contributed by atoms with Crippen molar-refractivity contribution in [1.82, 2.24) is 15.2 Å². The van der Waals surface area contributed by atoms with Crippen LogP contribution in [-0.4, -0.2) is 37.6 Å². The van der Waals surface area contributed by atoms with E-state index in [2.05, 4.69) is 25.8 Å². The summed E-state index contributed by atoms with van der Waals surface area (Å²) < 4.78 is 55.4. The summed E-state index contributed by atoms with van der Waals surface area (Å²) in [5.74, 6) is -0.471. The van der Waals surface area contributed by atoms with E-state index >= 15 is 0 Å². The van der Waals surface area contributed by atoms with Crippen LogP contribution in [0.1, 0.15) is 16.8 Å². The predicted octanol–water partition coefficient (Wildman–Crippen LogP) is 4.16. The summed E-state index contributed by atoms with van der Waals surface area (Å²) >= 11 is 0.885. The molecule has 4 N–H and O–H groups in total. The molecule has 0 aliphatic rings. The van der Waals surface area contributed by atoms with Crippen LogP contribution in [0.4, 0.5) is 33.2 Å². The van der Waals surface area contributed by atoms with E-state index in [0.717, 1.165) is 47.9 Å². The number of fused-ring (bicyclic) bond motifs is 1. The van der Waals surface area contributed by atoms with Gasteiger partial charge in [0.2, 0.25) is 5.60 Å². The lowest BCUT2D eigenvalue weighted by Crippen LogP contribution is -2.44. The third-order valence-corrected chi connectivity index (χ3v) is 5.74. The first kappa shape index (κ1) is 23.5. The third-order valence-electron chi connectivity index (χ3n) is 4.80. The lowest BCUT2D eigenvalue weighted by Gasteiger charge is -2.30. The molecule has 4 aromatic rings. The number of aliphatic hydroxyl groups excluding tert-OH is 1. The minimum Gasteiger partial charge on any atom is -0.392 e. The number of thiazole rings is 1. The zero-order valence-corrected chi connectivity index (χ0v) is 17.8. The molecule has 2 heterocycles. The maximum absolute atomic E-state index is 14.0. The fraction of sp³-hybridized carbons (Fsp3) is 0.143. The Balaban J connectivity index is 1.64. The Morgan fingerprint density at radius 2 is 1.79 bits per heavy atom. The molecule has 13 heteroatoms. The molecule has 0 saturated carbocycles. The fourth-order valence-corrected chi connectivity index (χ4v) is 4.02. The number of hydrogen-bond acceptors (Lipinski definition) is 7. The minimum atomic E-state index is -5.16. The zero-order valence-electron chi connectivity index (χ0n) is 17.0.